The Kier molecular flexibility index (Phi) is 4.11. The number of aryl methyl sites for hydroxylation is 1. The van der Waals surface area contributed by atoms with Crippen LogP contribution in [0.25, 0.3) is 0 Å². The zero-order valence-corrected chi connectivity index (χ0v) is 11.8. The fourth-order valence-electron chi connectivity index (χ4n) is 3.08. The Morgan fingerprint density at radius 2 is 2.16 bits per heavy atom. The summed E-state index contributed by atoms with van der Waals surface area (Å²) in [5.41, 5.74) is 2.71. The number of nitrogens with zero attached hydrogens (tertiary/aromatic N) is 3. The summed E-state index contributed by atoms with van der Waals surface area (Å²) >= 11 is 0. The maximum atomic E-state index is 4.53. The van der Waals surface area contributed by atoms with Crippen molar-refractivity contribution in [2.24, 2.45) is 0 Å². The zero-order valence-electron chi connectivity index (χ0n) is 11.8. The lowest BCUT2D eigenvalue weighted by Gasteiger charge is -2.32. The quantitative estimate of drug-likeness (QED) is 0.872. The second-order valence-corrected chi connectivity index (χ2v) is 5.74. The van der Waals surface area contributed by atoms with Crippen LogP contribution in [0.4, 0.5) is 0 Å². The molecule has 4 heteroatoms. The van der Waals surface area contributed by atoms with Gasteiger partial charge >= 0.3 is 0 Å². The molecular weight excluding hydrogens is 236 g/mol. The third kappa shape index (κ3) is 3.14. The van der Waals surface area contributed by atoms with E-state index in [9.17, 15) is 0 Å². The first kappa shape index (κ1) is 13.0. The van der Waals surface area contributed by atoms with Gasteiger partial charge in [-0.3, -0.25) is 9.88 Å². The lowest BCUT2D eigenvalue weighted by molar-refractivity contribution is 0.153. The summed E-state index contributed by atoms with van der Waals surface area (Å²) < 4.78 is 0. The number of likely N-dealkylation sites (N-methyl/N-ethyl adjacent to an activating group) is 1. The summed E-state index contributed by atoms with van der Waals surface area (Å²) in [4.78, 5) is 9.49. The van der Waals surface area contributed by atoms with Crippen molar-refractivity contribution < 1.29 is 0 Å². The molecule has 0 saturated carbocycles. The van der Waals surface area contributed by atoms with Crippen LogP contribution in [0.5, 0.6) is 0 Å². The highest BCUT2D eigenvalue weighted by atomic mass is 15.2. The largest absolute Gasteiger partial charge is 0.307 e. The number of rotatable bonds is 4. The normalized spacial score (nSPS) is 24.6. The minimum Gasteiger partial charge on any atom is -0.307 e. The Morgan fingerprint density at radius 1 is 1.32 bits per heavy atom. The lowest BCUT2D eigenvalue weighted by Crippen LogP contribution is -2.46. The van der Waals surface area contributed by atoms with Crippen molar-refractivity contribution in [1.82, 2.24) is 20.1 Å². The molecule has 1 aliphatic carbocycles. The van der Waals surface area contributed by atoms with Gasteiger partial charge in [-0.05, 0) is 31.5 Å². The SMILES string of the molecule is CN1CCN(CCNC2CCc3cccnc32)CC1. The summed E-state index contributed by atoms with van der Waals surface area (Å²) in [6.07, 6.45) is 4.30. The second-order valence-electron chi connectivity index (χ2n) is 5.74. The molecule has 0 bridgehead atoms. The summed E-state index contributed by atoms with van der Waals surface area (Å²) in [6.45, 7) is 7.05. The molecule has 1 aliphatic heterocycles. The Bertz CT molecular complexity index is 412. The summed E-state index contributed by atoms with van der Waals surface area (Å²) in [5, 5.41) is 3.68. The molecule has 1 aromatic heterocycles. The van der Waals surface area contributed by atoms with E-state index in [2.05, 4.69) is 33.2 Å². The first-order valence-electron chi connectivity index (χ1n) is 7.41. The summed E-state index contributed by atoms with van der Waals surface area (Å²) in [6, 6.07) is 4.74. The van der Waals surface area contributed by atoms with Crippen molar-refractivity contribution in [3.05, 3.63) is 29.6 Å². The topological polar surface area (TPSA) is 31.4 Å². The van der Waals surface area contributed by atoms with Gasteiger partial charge in [-0.2, -0.15) is 0 Å². The number of hydrogen-bond donors (Lipinski definition) is 1. The van der Waals surface area contributed by atoms with Gasteiger partial charge in [-0.25, -0.2) is 0 Å². The predicted molar refractivity (Wildman–Crippen MR) is 77.2 cm³/mol. The van der Waals surface area contributed by atoms with Crippen LogP contribution in [0.1, 0.15) is 23.7 Å². The molecule has 1 N–H and O–H groups in total. The van der Waals surface area contributed by atoms with E-state index in [0.717, 1.165) is 13.1 Å². The van der Waals surface area contributed by atoms with Crippen LogP contribution in [0.15, 0.2) is 18.3 Å². The molecule has 19 heavy (non-hydrogen) atoms. The maximum absolute atomic E-state index is 4.53. The van der Waals surface area contributed by atoms with Gasteiger partial charge in [0.25, 0.3) is 0 Å². The van der Waals surface area contributed by atoms with Crippen LogP contribution in [0, 0.1) is 0 Å². The predicted octanol–water partition coefficient (Wildman–Crippen LogP) is 0.906. The van der Waals surface area contributed by atoms with Crippen molar-refractivity contribution in [2.75, 3.05) is 46.3 Å². The molecule has 0 radical (unpaired) electrons. The number of fused-ring (bicyclic) bond motifs is 1. The van der Waals surface area contributed by atoms with E-state index in [1.54, 1.807) is 0 Å². The summed E-state index contributed by atoms with van der Waals surface area (Å²) in [5.74, 6) is 0. The van der Waals surface area contributed by atoms with Crippen LogP contribution in [0.3, 0.4) is 0 Å². The van der Waals surface area contributed by atoms with Gasteiger partial charge < -0.3 is 10.2 Å². The molecule has 1 unspecified atom stereocenters. The molecule has 1 saturated heterocycles. The van der Waals surface area contributed by atoms with Gasteiger partial charge in [0.15, 0.2) is 0 Å². The molecule has 104 valence electrons. The molecule has 0 amide bonds. The molecule has 1 aromatic rings. The van der Waals surface area contributed by atoms with Crippen LogP contribution >= 0.6 is 0 Å². The van der Waals surface area contributed by atoms with Crippen molar-refractivity contribution in [3.63, 3.8) is 0 Å². The minimum atomic E-state index is 0.476. The Hall–Kier alpha value is -0.970. The average molecular weight is 260 g/mol. The van der Waals surface area contributed by atoms with Gasteiger partial charge in [0.2, 0.25) is 0 Å². The minimum absolute atomic E-state index is 0.476. The van der Waals surface area contributed by atoms with Gasteiger partial charge in [0.05, 0.1) is 11.7 Å². The first-order chi connectivity index (χ1) is 9.33. The van der Waals surface area contributed by atoms with E-state index < -0.39 is 0 Å². The third-order valence-corrected chi connectivity index (χ3v) is 4.37. The van der Waals surface area contributed by atoms with Gasteiger partial charge in [-0.1, -0.05) is 6.07 Å². The molecule has 2 heterocycles. The van der Waals surface area contributed by atoms with Gasteiger partial charge in [0, 0.05) is 45.5 Å². The standard InChI is InChI=1S/C15H24N4/c1-18-9-11-19(12-10-18)8-7-16-14-5-4-13-3-2-6-17-15(13)14/h2-3,6,14,16H,4-5,7-12H2,1H3. The van der Waals surface area contributed by atoms with E-state index >= 15 is 0 Å². The van der Waals surface area contributed by atoms with E-state index in [1.807, 2.05) is 12.3 Å². The molecule has 4 nitrogen and oxygen atoms in total. The number of aromatic nitrogens is 1. The second kappa shape index (κ2) is 5.99. The molecule has 1 atom stereocenters. The zero-order chi connectivity index (χ0) is 13.1. The number of pyridine rings is 1. The monoisotopic (exact) mass is 260 g/mol. The Morgan fingerprint density at radius 3 is 3.00 bits per heavy atom. The third-order valence-electron chi connectivity index (χ3n) is 4.37. The molecule has 0 spiro atoms. The molecule has 1 fully saturated rings. The Labute approximate surface area is 115 Å². The fourth-order valence-corrected chi connectivity index (χ4v) is 3.08. The Balaban J connectivity index is 1.44. The van der Waals surface area contributed by atoms with Crippen molar-refractivity contribution in [2.45, 2.75) is 18.9 Å². The van der Waals surface area contributed by atoms with Crippen molar-refractivity contribution >= 4 is 0 Å². The van der Waals surface area contributed by atoms with Crippen molar-refractivity contribution in [1.29, 1.82) is 0 Å². The number of hydrogen-bond acceptors (Lipinski definition) is 4. The summed E-state index contributed by atoms with van der Waals surface area (Å²) in [7, 11) is 2.21. The van der Waals surface area contributed by atoms with Crippen LogP contribution in [-0.2, 0) is 6.42 Å². The van der Waals surface area contributed by atoms with E-state index in [0.29, 0.717) is 6.04 Å². The fraction of sp³-hybridized carbons (Fsp3) is 0.667. The van der Waals surface area contributed by atoms with Gasteiger partial charge in [-0.15, -0.1) is 0 Å². The lowest BCUT2D eigenvalue weighted by atomic mass is 10.2. The smallest absolute Gasteiger partial charge is 0.0605 e. The highest BCUT2D eigenvalue weighted by molar-refractivity contribution is 5.27. The van der Waals surface area contributed by atoms with Crippen LogP contribution in [0.2, 0.25) is 0 Å². The molecule has 0 aromatic carbocycles. The van der Waals surface area contributed by atoms with Crippen molar-refractivity contribution in [3.8, 4) is 0 Å². The van der Waals surface area contributed by atoms with E-state index in [1.165, 1.54) is 50.3 Å². The van der Waals surface area contributed by atoms with Gasteiger partial charge in [0.1, 0.15) is 0 Å². The van der Waals surface area contributed by atoms with E-state index in [4.69, 9.17) is 0 Å². The highest BCUT2D eigenvalue weighted by Gasteiger charge is 2.23. The molecular formula is C15H24N4. The maximum Gasteiger partial charge on any atom is 0.0605 e. The van der Waals surface area contributed by atoms with Crippen LogP contribution < -0.4 is 5.32 Å². The number of nitrogens with one attached hydrogen (secondary N) is 1. The average Bonchev–Trinajstić information content (AvgIpc) is 2.85. The first-order valence-corrected chi connectivity index (χ1v) is 7.41. The molecule has 3 rings (SSSR count). The van der Waals surface area contributed by atoms with E-state index in [-0.39, 0.29) is 0 Å². The molecule has 2 aliphatic rings. The highest BCUT2D eigenvalue weighted by Crippen LogP contribution is 2.28. The number of piperazine rings is 1. The van der Waals surface area contributed by atoms with Crippen LogP contribution in [-0.4, -0.2) is 61.1 Å².